The van der Waals surface area contributed by atoms with Crippen molar-refractivity contribution in [1.82, 2.24) is 0 Å². The van der Waals surface area contributed by atoms with Crippen LogP contribution in [-0.4, -0.2) is 48.9 Å². The van der Waals surface area contributed by atoms with Gasteiger partial charge in [-0.2, -0.15) is 0 Å². The summed E-state index contributed by atoms with van der Waals surface area (Å²) in [5, 5.41) is 0. The van der Waals surface area contributed by atoms with Gasteiger partial charge in [-0.15, -0.1) is 0 Å². The number of unbranched alkanes of at least 4 members (excludes halogenated alkanes) is 5. The van der Waals surface area contributed by atoms with Gasteiger partial charge in [-0.1, -0.05) is 39.0 Å². The minimum absolute atomic E-state index is 0.0337. The number of carbonyl (C=O) groups excluding carboxylic acids is 2. The summed E-state index contributed by atoms with van der Waals surface area (Å²) in [6, 6.07) is 0. The maximum absolute atomic E-state index is 12.7. The van der Waals surface area contributed by atoms with Gasteiger partial charge >= 0.3 is 0 Å². The van der Waals surface area contributed by atoms with Gasteiger partial charge in [0.2, 0.25) is 8.32 Å². The summed E-state index contributed by atoms with van der Waals surface area (Å²) in [5.74, 6) is 1.23. The first-order valence-electron chi connectivity index (χ1n) is 15.1. The monoisotopic (exact) mass is 572 g/mol. The van der Waals surface area contributed by atoms with E-state index in [1.807, 2.05) is 0 Å². The van der Waals surface area contributed by atoms with Crippen molar-refractivity contribution in [3.63, 3.8) is 0 Å². The molecule has 0 saturated heterocycles. The molecular formula is C29H60O5Si3. The van der Waals surface area contributed by atoms with E-state index in [-0.39, 0.29) is 18.2 Å². The van der Waals surface area contributed by atoms with Gasteiger partial charge in [-0.3, -0.25) is 9.59 Å². The van der Waals surface area contributed by atoms with Crippen molar-refractivity contribution < 1.29 is 22.9 Å². The molecule has 0 radical (unpaired) electrons. The molecule has 1 aliphatic carbocycles. The molecule has 0 aromatic carbocycles. The van der Waals surface area contributed by atoms with Crippen molar-refractivity contribution in [3.05, 3.63) is 0 Å². The van der Waals surface area contributed by atoms with Crippen LogP contribution in [-0.2, 0) is 22.9 Å². The third kappa shape index (κ3) is 16.4. The molecule has 0 spiro atoms. The number of ketones is 1. The Kier molecular flexibility index (Phi) is 15.1. The third-order valence-corrected chi connectivity index (χ3v) is 9.74. The molecule has 0 heterocycles. The fourth-order valence-corrected chi connectivity index (χ4v) is 8.67. The van der Waals surface area contributed by atoms with Crippen LogP contribution in [0.1, 0.15) is 90.4 Å². The Labute approximate surface area is 232 Å². The van der Waals surface area contributed by atoms with Crippen LogP contribution >= 0.6 is 0 Å². The molecule has 0 unspecified atom stereocenters. The average molecular weight is 573 g/mol. The molecule has 0 bridgehead atoms. The summed E-state index contributed by atoms with van der Waals surface area (Å²) in [4.78, 5) is 24.7. The molecule has 0 aromatic rings. The molecule has 218 valence electrons. The van der Waals surface area contributed by atoms with Gasteiger partial charge in [-0.25, -0.2) is 0 Å². The van der Waals surface area contributed by atoms with Gasteiger partial charge in [0.25, 0.3) is 5.97 Å². The quantitative estimate of drug-likeness (QED) is 0.114. The van der Waals surface area contributed by atoms with Gasteiger partial charge < -0.3 is 13.3 Å². The zero-order valence-electron chi connectivity index (χ0n) is 26.0. The van der Waals surface area contributed by atoms with E-state index in [0.717, 1.165) is 70.6 Å². The Bertz CT molecular complexity index is 679. The van der Waals surface area contributed by atoms with Crippen LogP contribution in [0, 0.1) is 11.8 Å². The van der Waals surface area contributed by atoms with Gasteiger partial charge in [-0.05, 0) is 103 Å². The standard InChI is InChI=1S/C29H60O5Si3/c1-11-12-15-18-24(30)21-22-26-25(19-16-13-14-17-20-29(31)34-37(8,9)10)27(32-35(2,3)4)23-28(26)33-36(5,6)7/h25-28H,11-23H2,1-10H3/t25-,26-,27+,28-/m1/s1. The van der Waals surface area contributed by atoms with Gasteiger partial charge in [0, 0.05) is 19.3 Å². The molecule has 8 heteroatoms. The first-order chi connectivity index (χ1) is 17.0. The molecule has 0 aliphatic heterocycles. The molecule has 0 aromatic heterocycles. The molecule has 1 saturated carbocycles. The number of hydrogen-bond acceptors (Lipinski definition) is 5. The lowest BCUT2D eigenvalue weighted by molar-refractivity contribution is -0.135. The van der Waals surface area contributed by atoms with Crippen molar-refractivity contribution in [2.24, 2.45) is 11.8 Å². The van der Waals surface area contributed by atoms with Crippen LogP contribution < -0.4 is 0 Å². The molecule has 1 fully saturated rings. The van der Waals surface area contributed by atoms with Gasteiger partial charge in [0.05, 0.1) is 12.2 Å². The van der Waals surface area contributed by atoms with Crippen LogP contribution in [0.3, 0.4) is 0 Å². The molecular weight excluding hydrogens is 513 g/mol. The zero-order chi connectivity index (χ0) is 28.3. The highest BCUT2D eigenvalue weighted by atomic mass is 28.4. The molecule has 0 N–H and O–H groups in total. The van der Waals surface area contributed by atoms with Crippen LogP contribution in [0.4, 0.5) is 0 Å². The largest absolute Gasteiger partial charge is 0.520 e. The van der Waals surface area contributed by atoms with Crippen molar-refractivity contribution in [2.75, 3.05) is 0 Å². The molecule has 1 rings (SSSR count). The van der Waals surface area contributed by atoms with E-state index in [2.05, 4.69) is 65.8 Å². The maximum Gasteiger partial charge on any atom is 0.292 e. The minimum atomic E-state index is -1.79. The Balaban J connectivity index is 2.78. The van der Waals surface area contributed by atoms with Crippen LogP contribution in [0.15, 0.2) is 0 Å². The topological polar surface area (TPSA) is 61.8 Å². The summed E-state index contributed by atoms with van der Waals surface area (Å²) >= 11 is 0. The van der Waals surface area contributed by atoms with E-state index in [1.54, 1.807) is 0 Å². The molecule has 37 heavy (non-hydrogen) atoms. The number of rotatable bonds is 19. The van der Waals surface area contributed by atoms with E-state index in [0.29, 0.717) is 30.5 Å². The Hall–Kier alpha value is -0.289. The lowest BCUT2D eigenvalue weighted by Crippen LogP contribution is -2.35. The smallest absolute Gasteiger partial charge is 0.292 e. The fourth-order valence-electron chi connectivity index (χ4n) is 5.53. The minimum Gasteiger partial charge on any atom is -0.520 e. The molecule has 4 atom stereocenters. The average Bonchev–Trinajstić information content (AvgIpc) is 3.00. The number of Topliss-reactive ketones (excluding diaryl/α,β-unsaturated/α-hetero) is 1. The fraction of sp³-hybridized carbons (Fsp3) is 0.931. The molecule has 0 amide bonds. The van der Waals surface area contributed by atoms with E-state index in [1.165, 1.54) is 0 Å². The zero-order valence-corrected chi connectivity index (χ0v) is 29.0. The Morgan fingerprint density at radius 1 is 0.622 bits per heavy atom. The lowest BCUT2D eigenvalue weighted by Gasteiger charge is -2.31. The second-order valence-corrected chi connectivity index (χ2v) is 27.5. The van der Waals surface area contributed by atoms with Crippen LogP contribution in [0.5, 0.6) is 0 Å². The normalized spacial score (nSPS) is 22.9. The Morgan fingerprint density at radius 2 is 1.14 bits per heavy atom. The predicted octanol–water partition coefficient (Wildman–Crippen LogP) is 8.71. The number of carbonyl (C=O) groups is 2. The first kappa shape index (κ1) is 34.7. The summed E-state index contributed by atoms with van der Waals surface area (Å²) in [7, 11) is -5.20. The molecule has 1 aliphatic rings. The summed E-state index contributed by atoms with van der Waals surface area (Å²) in [5.41, 5.74) is 0. The first-order valence-corrected chi connectivity index (χ1v) is 25.3. The Morgan fingerprint density at radius 3 is 1.65 bits per heavy atom. The third-order valence-electron chi connectivity index (χ3n) is 6.88. The highest BCUT2D eigenvalue weighted by Gasteiger charge is 2.46. The number of hydrogen-bond donors (Lipinski definition) is 0. The predicted molar refractivity (Wildman–Crippen MR) is 164 cm³/mol. The second kappa shape index (κ2) is 16.1. The van der Waals surface area contributed by atoms with Crippen molar-refractivity contribution in [1.29, 1.82) is 0 Å². The SMILES string of the molecule is CCCCCC(=O)CC[C@@H]1[C@@H](CCCCCCC(=O)O[Si](C)(C)C)[C@@H](O[Si](C)(C)C)C[C@H]1O[Si](C)(C)C. The second-order valence-electron chi connectivity index (χ2n) is 14.2. The van der Waals surface area contributed by atoms with Crippen molar-refractivity contribution >= 4 is 36.7 Å². The summed E-state index contributed by atoms with van der Waals surface area (Å²) < 4.78 is 19.1. The lowest BCUT2D eigenvalue weighted by atomic mass is 9.84. The van der Waals surface area contributed by atoms with Crippen molar-refractivity contribution in [3.8, 4) is 0 Å². The molecule has 5 nitrogen and oxygen atoms in total. The van der Waals surface area contributed by atoms with E-state index >= 15 is 0 Å². The highest BCUT2D eigenvalue weighted by molar-refractivity contribution is 6.71. The van der Waals surface area contributed by atoms with E-state index < -0.39 is 25.0 Å². The highest BCUT2D eigenvalue weighted by Crippen LogP contribution is 2.44. The van der Waals surface area contributed by atoms with Gasteiger partial charge in [0.1, 0.15) is 5.78 Å². The van der Waals surface area contributed by atoms with Crippen LogP contribution in [0.2, 0.25) is 58.9 Å². The van der Waals surface area contributed by atoms with Crippen LogP contribution in [0.25, 0.3) is 0 Å². The summed E-state index contributed by atoms with van der Waals surface area (Å²) in [6.45, 7) is 22.0. The maximum atomic E-state index is 12.7. The van der Waals surface area contributed by atoms with E-state index in [9.17, 15) is 9.59 Å². The van der Waals surface area contributed by atoms with E-state index in [4.69, 9.17) is 13.3 Å². The summed E-state index contributed by atoms with van der Waals surface area (Å²) in [6.07, 6.45) is 12.9. The van der Waals surface area contributed by atoms with Gasteiger partial charge in [0.15, 0.2) is 16.6 Å². The van der Waals surface area contributed by atoms with Crippen molar-refractivity contribution in [2.45, 2.75) is 162 Å².